The molecule has 3 N–H and O–H groups in total. The molecule has 0 spiro atoms. The van der Waals surface area contributed by atoms with Crippen LogP contribution in [-0.4, -0.2) is 30.1 Å². The molecule has 0 aromatic heterocycles. The number of nitrogens with one attached hydrogen (secondary N) is 3. The maximum atomic E-state index is 12.3. The number of carbonyl (C=O) groups is 2. The van der Waals surface area contributed by atoms with Gasteiger partial charge in [-0.05, 0) is 70.5 Å². The molecule has 2 aromatic carbocycles. The van der Waals surface area contributed by atoms with E-state index in [-0.39, 0.29) is 11.7 Å². The molecular weight excluding hydrogens is 494 g/mol. The van der Waals surface area contributed by atoms with E-state index in [1.807, 2.05) is 13.8 Å². The Balaban J connectivity index is 1.77. The van der Waals surface area contributed by atoms with Crippen molar-refractivity contribution in [3.8, 4) is 11.5 Å². The third-order valence-electron chi connectivity index (χ3n) is 3.47. The van der Waals surface area contributed by atoms with Gasteiger partial charge in [0.2, 0.25) is 0 Å². The van der Waals surface area contributed by atoms with E-state index in [2.05, 4.69) is 32.1 Å². The van der Waals surface area contributed by atoms with Crippen molar-refractivity contribution in [3.63, 3.8) is 0 Å². The maximum Gasteiger partial charge on any atom is 0.276 e. The number of rotatable bonds is 7. The molecule has 0 radical (unpaired) electrons. The van der Waals surface area contributed by atoms with E-state index in [0.29, 0.717) is 39.1 Å². The number of hydrazine groups is 1. The van der Waals surface area contributed by atoms with Gasteiger partial charge in [0.25, 0.3) is 11.8 Å². The fourth-order valence-electron chi connectivity index (χ4n) is 2.09. The van der Waals surface area contributed by atoms with Crippen LogP contribution in [0, 0.1) is 5.92 Å². The van der Waals surface area contributed by atoms with Crippen molar-refractivity contribution >= 4 is 56.7 Å². The summed E-state index contributed by atoms with van der Waals surface area (Å²) in [6.07, 6.45) is 0. The summed E-state index contributed by atoms with van der Waals surface area (Å²) in [5.41, 5.74) is 5.18. The molecule has 10 heteroatoms. The summed E-state index contributed by atoms with van der Waals surface area (Å²) in [4.78, 5) is 24.2. The van der Waals surface area contributed by atoms with E-state index in [1.165, 1.54) is 0 Å². The predicted octanol–water partition coefficient (Wildman–Crippen LogP) is 3.85. The van der Waals surface area contributed by atoms with Crippen molar-refractivity contribution in [2.24, 2.45) is 5.92 Å². The third kappa shape index (κ3) is 8.17. The minimum atomic E-state index is -0.488. The maximum absolute atomic E-state index is 12.3. The van der Waals surface area contributed by atoms with E-state index in [9.17, 15) is 9.59 Å². The quantitative estimate of drug-likeness (QED) is 0.384. The lowest BCUT2D eigenvalue weighted by molar-refractivity contribution is -0.123. The van der Waals surface area contributed by atoms with Crippen LogP contribution in [0.3, 0.4) is 0 Å². The van der Waals surface area contributed by atoms with Gasteiger partial charge in [-0.2, -0.15) is 0 Å². The first-order chi connectivity index (χ1) is 14.2. The van der Waals surface area contributed by atoms with Crippen LogP contribution in [-0.2, 0) is 4.79 Å². The summed E-state index contributed by atoms with van der Waals surface area (Å²) in [7, 11) is 0. The first-order valence-corrected chi connectivity index (χ1v) is 10.5. The zero-order chi connectivity index (χ0) is 22.1. The largest absolute Gasteiger partial charge is 0.493 e. The molecule has 2 aromatic rings. The normalized spacial score (nSPS) is 10.3. The highest BCUT2D eigenvalue weighted by Gasteiger charge is 2.11. The van der Waals surface area contributed by atoms with Gasteiger partial charge >= 0.3 is 0 Å². The highest BCUT2D eigenvalue weighted by Crippen LogP contribution is 2.27. The van der Waals surface area contributed by atoms with Gasteiger partial charge in [-0.1, -0.05) is 31.5 Å². The monoisotopic (exact) mass is 513 g/mol. The Kier molecular flexibility index (Phi) is 9.35. The summed E-state index contributed by atoms with van der Waals surface area (Å²) in [5.74, 6) is 0.502. The molecule has 0 aliphatic carbocycles. The van der Waals surface area contributed by atoms with Gasteiger partial charge in [-0.3, -0.25) is 25.8 Å². The topological polar surface area (TPSA) is 88.7 Å². The minimum Gasteiger partial charge on any atom is -0.493 e. The molecule has 7 nitrogen and oxygen atoms in total. The SMILES string of the molecule is CC(C)COc1cccc(C(=O)NC(=S)NNC(=O)COc2ccc(Cl)cc2Br)c1. The molecule has 0 fully saturated rings. The standard InChI is InChI=1S/C20H21BrClN3O4S/c1-12(2)10-28-15-5-3-4-13(8-15)19(27)23-20(30)25-24-18(26)11-29-17-7-6-14(22)9-16(17)21/h3-9,12H,10-11H2,1-2H3,(H,24,26)(H2,23,25,27,30). The van der Waals surface area contributed by atoms with Gasteiger partial charge < -0.3 is 9.47 Å². The first-order valence-electron chi connectivity index (χ1n) is 8.95. The second-order valence-electron chi connectivity index (χ2n) is 6.55. The molecule has 0 saturated carbocycles. The van der Waals surface area contributed by atoms with E-state index >= 15 is 0 Å². The van der Waals surface area contributed by atoms with Crippen molar-refractivity contribution in [1.82, 2.24) is 16.2 Å². The van der Waals surface area contributed by atoms with E-state index in [4.69, 9.17) is 33.3 Å². The Labute approximate surface area is 193 Å². The van der Waals surface area contributed by atoms with Gasteiger partial charge in [0.05, 0.1) is 11.1 Å². The number of benzene rings is 2. The lowest BCUT2D eigenvalue weighted by Crippen LogP contribution is -2.49. The summed E-state index contributed by atoms with van der Waals surface area (Å²) < 4.78 is 11.6. The van der Waals surface area contributed by atoms with Gasteiger partial charge in [0.15, 0.2) is 11.7 Å². The van der Waals surface area contributed by atoms with Crippen LogP contribution in [0.2, 0.25) is 5.02 Å². The van der Waals surface area contributed by atoms with Gasteiger partial charge in [-0.15, -0.1) is 0 Å². The molecule has 0 atom stereocenters. The number of halogens is 2. The van der Waals surface area contributed by atoms with E-state index in [1.54, 1.807) is 42.5 Å². The van der Waals surface area contributed by atoms with E-state index in [0.717, 1.165) is 0 Å². The van der Waals surface area contributed by atoms with Crippen molar-refractivity contribution in [2.45, 2.75) is 13.8 Å². The van der Waals surface area contributed by atoms with Gasteiger partial charge in [-0.25, -0.2) is 0 Å². The average Bonchev–Trinajstić information content (AvgIpc) is 2.70. The van der Waals surface area contributed by atoms with Crippen molar-refractivity contribution in [2.75, 3.05) is 13.2 Å². The second kappa shape index (κ2) is 11.7. The number of thiocarbonyl (C=S) groups is 1. The molecule has 0 heterocycles. The Morgan fingerprint density at radius 1 is 1.13 bits per heavy atom. The van der Waals surface area contributed by atoms with Crippen molar-refractivity contribution in [3.05, 3.63) is 57.5 Å². The fourth-order valence-corrected chi connectivity index (χ4v) is 3.04. The van der Waals surface area contributed by atoms with Crippen molar-refractivity contribution < 1.29 is 19.1 Å². The number of ether oxygens (including phenoxy) is 2. The van der Waals surface area contributed by atoms with Gasteiger partial charge in [0, 0.05) is 10.6 Å². The molecule has 0 unspecified atom stereocenters. The van der Waals surface area contributed by atoms with Crippen LogP contribution in [0.15, 0.2) is 46.9 Å². The molecule has 2 amide bonds. The molecule has 2 rings (SSSR count). The lowest BCUT2D eigenvalue weighted by Gasteiger charge is -2.13. The van der Waals surface area contributed by atoms with Crippen molar-refractivity contribution in [1.29, 1.82) is 0 Å². The van der Waals surface area contributed by atoms with Crippen LogP contribution >= 0.6 is 39.7 Å². The van der Waals surface area contributed by atoms with E-state index < -0.39 is 11.8 Å². The minimum absolute atomic E-state index is 0.0606. The summed E-state index contributed by atoms with van der Waals surface area (Å²) in [6.45, 7) is 4.35. The Morgan fingerprint density at radius 3 is 2.60 bits per heavy atom. The fraction of sp³-hybridized carbons (Fsp3) is 0.250. The number of hydrogen-bond acceptors (Lipinski definition) is 5. The smallest absolute Gasteiger partial charge is 0.276 e. The average molecular weight is 515 g/mol. The first kappa shape index (κ1) is 23.9. The van der Waals surface area contributed by atoms with Crippen LogP contribution in [0.5, 0.6) is 11.5 Å². The number of carbonyl (C=O) groups excluding carboxylic acids is 2. The molecule has 0 bridgehead atoms. The Bertz CT molecular complexity index is 927. The summed E-state index contributed by atoms with van der Waals surface area (Å²) in [6, 6.07) is 11.7. The molecule has 30 heavy (non-hydrogen) atoms. The summed E-state index contributed by atoms with van der Waals surface area (Å²) in [5, 5.41) is 2.96. The van der Waals surface area contributed by atoms with Crippen LogP contribution in [0.1, 0.15) is 24.2 Å². The zero-order valence-corrected chi connectivity index (χ0v) is 19.5. The second-order valence-corrected chi connectivity index (χ2v) is 8.25. The Hall–Kier alpha value is -2.36. The molecule has 0 aliphatic heterocycles. The molecule has 0 saturated heterocycles. The highest BCUT2D eigenvalue weighted by atomic mass is 79.9. The molecule has 160 valence electrons. The lowest BCUT2D eigenvalue weighted by atomic mass is 10.2. The van der Waals surface area contributed by atoms with Crippen LogP contribution < -0.4 is 25.6 Å². The predicted molar refractivity (Wildman–Crippen MR) is 123 cm³/mol. The highest BCUT2D eigenvalue weighted by molar-refractivity contribution is 9.10. The van der Waals surface area contributed by atoms with Crippen LogP contribution in [0.25, 0.3) is 0 Å². The number of hydrogen-bond donors (Lipinski definition) is 3. The number of amides is 2. The molecule has 0 aliphatic rings. The summed E-state index contributed by atoms with van der Waals surface area (Å²) >= 11 is 14.2. The zero-order valence-electron chi connectivity index (χ0n) is 16.3. The van der Waals surface area contributed by atoms with Gasteiger partial charge in [0.1, 0.15) is 11.5 Å². The van der Waals surface area contributed by atoms with Crippen LogP contribution in [0.4, 0.5) is 0 Å². The Morgan fingerprint density at radius 2 is 1.90 bits per heavy atom. The third-order valence-corrected chi connectivity index (χ3v) is 4.53. The molecular formula is C20H21BrClN3O4S.